The highest BCUT2D eigenvalue weighted by molar-refractivity contribution is 5.67. The predicted molar refractivity (Wildman–Crippen MR) is 75.6 cm³/mol. The average molecular weight is 250 g/mol. The lowest BCUT2D eigenvalue weighted by Crippen LogP contribution is -1.94. The third-order valence-corrected chi connectivity index (χ3v) is 3.09. The molecule has 3 nitrogen and oxygen atoms in total. The Morgan fingerprint density at radius 1 is 0.895 bits per heavy atom. The first-order valence-corrected chi connectivity index (χ1v) is 6.18. The highest BCUT2D eigenvalue weighted by Crippen LogP contribution is 2.28. The van der Waals surface area contributed by atoms with Gasteiger partial charge in [0, 0.05) is 17.5 Å². The maximum atomic E-state index is 5.90. The van der Waals surface area contributed by atoms with Gasteiger partial charge in [-0.2, -0.15) is 0 Å². The second kappa shape index (κ2) is 4.98. The van der Waals surface area contributed by atoms with Crippen LogP contribution >= 0.6 is 0 Å². The molecule has 0 aliphatic heterocycles. The molecule has 0 saturated carbocycles. The van der Waals surface area contributed by atoms with E-state index >= 15 is 0 Å². The molecule has 0 bridgehead atoms. The van der Waals surface area contributed by atoms with Crippen LogP contribution in [0.25, 0.3) is 11.3 Å². The van der Waals surface area contributed by atoms with Crippen LogP contribution in [0.1, 0.15) is 11.1 Å². The molecule has 1 aromatic heterocycles. The SMILES string of the molecule is Nc1onc(-c2ccccc2)c1Cc1ccccc1. The van der Waals surface area contributed by atoms with E-state index in [0.717, 1.165) is 23.2 Å². The van der Waals surface area contributed by atoms with Gasteiger partial charge in [0.2, 0.25) is 5.88 Å². The van der Waals surface area contributed by atoms with Gasteiger partial charge in [0.1, 0.15) is 5.69 Å². The number of hydrogen-bond donors (Lipinski definition) is 1. The Balaban J connectivity index is 2.00. The van der Waals surface area contributed by atoms with Crippen molar-refractivity contribution < 1.29 is 4.52 Å². The van der Waals surface area contributed by atoms with Crippen LogP contribution in [-0.2, 0) is 6.42 Å². The summed E-state index contributed by atoms with van der Waals surface area (Å²) >= 11 is 0. The number of anilines is 1. The number of rotatable bonds is 3. The minimum absolute atomic E-state index is 0.391. The molecule has 0 amide bonds. The largest absolute Gasteiger partial charge is 0.367 e. The van der Waals surface area contributed by atoms with E-state index in [-0.39, 0.29) is 0 Å². The molecule has 0 aliphatic rings. The van der Waals surface area contributed by atoms with Crippen molar-refractivity contribution in [3.05, 3.63) is 71.8 Å². The zero-order valence-corrected chi connectivity index (χ0v) is 10.4. The van der Waals surface area contributed by atoms with E-state index in [2.05, 4.69) is 17.3 Å². The summed E-state index contributed by atoms with van der Waals surface area (Å²) in [6.45, 7) is 0. The van der Waals surface area contributed by atoms with E-state index in [1.54, 1.807) is 0 Å². The summed E-state index contributed by atoms with van der Waals surface area (Å²) in [7, 11) is 0. The summed E-state index contributed by atoms with van der Waals surface area (Å²) in [6, 6.07) is 20.1. The van der Waals surface area contributed by atoms with Crippen molar-refractivity contribution in [1.29, 1.82) is 0 Å². The van der Waals surface area contributed by atoms with Gasteiger partial charge in [-0.3, -0.25) is 0 Å². The molecule has 3 aromatic rings. The first-order valence-electron chi connectivity index (χ1n) is 6.18. The molecule has 0 fully saturated rings. The Kier molecular flexibility index (Phi) is 3.02. The fourth-order valence-electron chi connectivity index (χ4n) is 2.12. The van der Waals surface area contributed by atoms with Crippen LogP contribution in [0.5, 0.6) is 0 Å². The van der Waals surface area contributed by atoms with Crippen molar-refractivity contribution in [3.63, 3.8) is 0 Å². The first kappa shape index (κ1) is 11.5. The Bertz CT molecular complexity index is 660. The molecule has 2 aromatic carbocycles. The minimum atomic E-state index is 0.391. The Morgan fingerprint density at radius 2 is 1.53 bits per heavy atom. The molecule has 0 aliphatic carbocycles. The highest BCUT2D eigenvalue weighted by atomic mass is 16.5. The predicted octanol–water partition coefficient (Wildman–Crippen LogP) is 3.51. The van der Waals surface area contributed by atoms with E-state index in [9.17, 15) is 0 Å². The molecule has 0 saturated heterocycles. The second-order valence-electron chi connectivity index (χ2n) is 4.40. The van der Waals surface area contributed by atoms with E-state index in [1.165, 1.54) is 5.56 Å². The summed E-state index contributed by atoms with van der Waals surface area (Å²) in [5.74, 6) is 0.391. The molecule has 0 spiro atoms. The summed E-state index contributed by atoms with van der Waals surface area (Å²) in [5.41, 5.74) is 9.87. The zero-order valence-electron chi connectivity index (χ0n) is 10.4. The molecule has 94 valence electrons. The standard InChI is InChI=1S/C16H14N2O/c17-16-14(11-12-7-3-1-4-8-12)15(18-19-16)13-9-5-2-6-10-13/h1-10H,11,17H2. The zero-order chi connectivity index (χ0) is 13.1. The fraction of sp³-hybridized carbons (Fsp3) is 0.0625. The topological polar surface area (TPSA) is 52.0 Å². The quantitative estimate of drug-likeness (QED) is 0.773. The lowest BCUT2D eigenvalue weighted by molar-refractivity contribution is 0.438. The van der Waals surface area contributed by atoms with Crippen molar-refractivity contribution >= 4 is 5.88 Å². The molecule has 0 atom stereocenters. The monoisotopic (exact) mass is 250 g/mol. The van der Waals surface area contributed by atoms with Gasteiger partial charge < -0.3 is 10.3 Å². The number of benzene rings is 2. The highest BCUT2D eigenvalue weighted by Gasteiger charge is 2.15. The van der Waals surface area contributed by atoms with Crippen LogP contribution in [0.3, 0.4) is 0 Å². The summed E-state index contributed by atoms with van der Waals surface area (Å²) in [4.78, 5) is 0. The smallest absolute Gasteiger partial charge is 0.226 e. The van der Waals surface area contributed by atoms with E-state index in [1.807, 2.05) is 48.5 Å². The van der Waals surface area contributed by atoms with E-state index in [0.29, 0.717) is 5.88 Å². The van der Waals surface area contributed by atoms with Gasteiger partial charge in [-0.25, -0.2) is 0 Å². The lowest BCUT2D eigenvalue weighted by atomic mass is 10.0. The molecule has 0 unspecified atom stereocenters. The summed E-state index contributed by atoms with van der Waals surface area (Å²) in [6.07, 6.45) is 0.723. The van der Waals surface area contributed by atoms with Crippen molar-refractivity contribution in [1.82, 2.24) is 5.16 Å². The maximum Gasteiger partial charge on any atom is 0.226 e. The molecule has 19 heavy (non-hydrogen) atoms. The Hall–Kier alpha value is -2.55. The van der Waals surface area contributed by atoms with Crippen LogP contribution in [0.4, 0.5) is 5.88 Å². The van der Waals surface area contributed by atoms with Gasteiger partial charge in [-0.1, -0.05) is 65.8 Å². The number of nitrogen functional groups attached to an aromatic ring is 1. The van der Waals surface area contributed by atoms with Gasteiger partial charge in [0.25, 0.3) is 0 Å². The normalized spacial score (nSPS) is 10.5. The molecule has 3 rings (SSSR count). The maximum absolute atomic E-state index is 5.90. The first-order chi connectivity index (χ1) is 9.34. The van der Waals surface area contributed by atoms with Gasteiger partial charge in [-0.05, 0) is 5.56 Å². The molecule has 3 heteroatoms. The van der Waals surface area contributed by atoms with Crippen LogP contribution in [-0.4, -0.2) is 5.16 Å². The molecule has 2 N–H and O–H groups in total. The second-order valence-corrected chi connectivity index (χ2v) is 4.40. The Labute approximate surface area is 111 Å². The van der Waals surface area contributed by atoms with Crippen molar-refractivity contribution in [2.45, 2.75) is 6.42 Å². The van der Waals surface area contributed by atoms with Gasteiger partial charge in [0.15, 0.2) is 0 Å². The van der Waals surface area contributed by atoms with Gasteiger partial charge in [-0.15, -0.1) is 0 Å². The average Bonchev–Trinajstić information content (AvgIpc) is 2.82. The van der Waals surface area contributed by atoms with Gasteiger partial charge in [0.05, 0.1) is 0 Å². The molecular weight excluding hydrogens is 236 g/mol. The summed E-state index contributed by atoms with van der Waals surface area (Å²) < 4.78 is 5.15. The number of hydrogen-bond acceptors (Lipinski definition) is 3. The van der Waals surface area contributed by atoms with Gasteiger partial charge >= 0.3 is 0 Å². The van der Waals surface area contributed by atoms with Crippen LogP contribution < -0.4 is 5.73 Å². The molecule has 1 heterocycles. The Morgan fingerprint density at radius 3 is 2.21 bits per heavy atom. The van der Waals surface area contributed by atoms with E-state index < -0.39 is 0 Å². The fourth-order valence-corrected chi connectivity index (χ4v) is 2.12. The third kappa shape index (κ3) is 2.36. The third-order valence-electron chi connectivity index (χ3n) is 3.09. The van der Waals surface area contributed by atoms with Crippen molar-refractivity contribution in [2.24, 2.45) is 0 Å². The summed E-state index contributed by atoms with van der Waals surface area (Å²) in [5, 5.41) is 4.08. The minimum Gasteiger partial charge on any atom is -0.367 e. The van der Waals surface area contributed by atoms with Crippen LogP contribution in [0, 0.1) is 0 Å². The lowest BCUT2D eigenvalue weighted by Gasteiger charge is -2.02. The molecule has 0 radical (unpaired) electrons. The number of nitrogens with zero attached hydrogens (tertiary/aromatic N) is 1. The van der Waals surface area contributed by atoms with Crippen LogP contribution in [0.15, 0.2) is 65.2 Å². The van der Waals surface area contributed by atoms with Crippen molar-refractivity contribution in [2.75, 3.05) is 5.73 Å². The molecular formula is C16H14N2O. The number of aromatic nitrogens is 1. The number of nitrogens with two attached hydrogens (primary N) is 1. The van der Waals surface area contributed by atoms with Crippen molar-refractivity contribution in [3.8, 4) is 11.3 Å². The van der Waals surface area contributed by atoms with E-state index in [4.69, 9.17) is 10.3 Å². The van der Waals surface area contributed by atoms with Crippen LogP contribution in [0.2, 0.25) is 0 Å².